The Labute approximate surface area is 148 Å². The number of nitrogens with zero attached hydrogens (tertiary/aromatic N) is 2. The third-order valence-electron chi connectivity index (χ3n) is 4.38. The smallest absolute Gasteiger partial charge is 0.255 e. The minimum absolute atomic E-state index is 0.106. The van der Waals surface area contributed by atoms with Gasteiger partial charge < -0.3 is 10.2 Å². The Morgan fingerprint density at radius 2 is 1.76 bits per heavy atom. The van der Waals surface area contributed by atoms with E-state index in [0.29, 0.717) is 5.56 Å². The molecule has 1 amide bonds. The highest BCUT2D eigenvalue weighted by Crippen LogP contribution is 2.25. The summed E-state index contributed by atoms with van der Waals surface area (Å²) in [6, 6.07) is 17.2. The van der Waals surface area contributed by atoms with E-state index in [0.717, 1.165) is 41.1 Å². The zero-order valence-electron chi connectivity index (χ0n) is 14.9. The number of pyridine rings is 1. The third kappa shape index (κ3) is 3.63. The van der Waals surface area contributed by atoms with Crippen LogP contribution in [0.2, 0.25) is 0 Å². The summed E-state index contributed by atoms with van der Waals surface area (Å²) in [5.41, 5.74) is 3.53. The van der Waals surface area contributed by atoms with Crippen LogP contribution < -0.4 is 10.2 Å². The van der Waals surface area contributed by atoms with Crippen LogP contribution >= 0.6 is 0 Å². The first-order valence-corrected chi connectivity index (χ1v) is 8.65. The van der Waals surface area contributed by atoms with Gasteiger partial charge in [-0.1, -0.05) is 18.2 Å². The second-order valence-corrected chi connectivity index (χ2v) is 6.02. The number of aryl methyl sites for hydroxylation is 1. The molecule has 3 rings (SSSR count). The molecular weight excluding hydrogens is 310 g/mol. The summed E-state index contributed by atoms with van der Waals surface area (Å²) in [5, 5.41) is 4.02. The van der Waals surface area contributed by atoms with Crippen molar-refractivity contribution in [2.45, 2.75) is 20.8 Å². The maximum atomic E-state index is 12.3. The highest BCUT2D eigenvalue weighted by atomic mass is 16.1. The minimum Gasteiger partial charge on any atom is -0.357 e. The first kappa shape index (κ1) is 17.0. The van der Waals surface area contributed by atoms with Gasteiger partial charge in [0.05, 0.1) is 5.52 Å². The van der Waals surface area contributed by atoms with Crippen LogP contribution in [-0.4, -0.2) is 24.0 Å². The first-order chi connectivity index (χ1) is 12.1. The Bertz CT molecular complexity index is 886. The SMILES string of the molecule is CCN(CC)c1cc(C)c2cc(NC(=O)c3ccccc3)ccc2n1. The topological polar surface area (TPSA) is 45.2 Å². The van der Waals surface area contributed by atoms with Crippen LogP contribution in [-0.2, 0) is 0 Å². The molecule has 0 bridgehead atoms. The van der Waals surface area contributed by atoms with Gasteiger partial charge in [0, 0.05) is 29.7 Å². The maximum Gasteiger partial charge on any atom is 0.255 e. The summed E-state index contributed by atoms with van der Waals surface area (Å²) in [4.78, 5) is 19.3. The van der Waals surface area contributed by atoms with Gasteiger partial charge in [0.1, 0.15) is 5.82 Å². The van der Waals surface area contributed by atoms with Gasteiger partial charge in [-0.3, -0.25) is 4.79 Å². The highest BCUT2D eigenvalue weighted by Gasteiger charge is 2.10. The van der Waals surface area contributed by atoms with Gasteiger partial charge in [0.25, 0.3) is 5.91 Å². The van der Waals surface area contributed by atoms with Crippen molar-refractivity contribution in [3.63, 3.8) is 0 Å². The van der Waals surface area contributed by atoms with Crippen molar-refractivity contribution in [1.29, 1.82) is 0 Å². The number of anilines is 2. The summed E-state index contributed by atoms with van der Waals surface area (Å²) >= 11 is 0. The van der Waals surface area contributed by atoms with Crippen molar-refractivity contribution in [2.75, 3.05) is 23.3 Å². The molecule has 25 heavy (non-hydrogen) atoms. The molecule has 0 unspecified atom stereocenters. The molecule has 128 valence electrons. The molecular formula is C21H23N3O. The molecule has 0 saturated heterocycles. The molecule has 0 saturated carbocycles. The summed E-state index contributed by atoms with van der Waals surface area (Å²) < 4.78 is 0. The van der Waals surface area contributed by atoms with Crippen molar-refractivity contribution in [2.24, 2.45) is 0 Å². The Morgan fingerprint density at radius 1 is 1.04 bits per heavy atom. The number of carbonyl (C=O) groups excluding carboxylic acids is 1. The van der Waals surface area contributed by atoms with Crippen molar-refractivity contribution in [1.82, 2.24) is 4.98 Å². The van der Waals surface area contributed by atoms with Crippen LogP contribution in [0.15, 0.2) is 54.6 Å². The number of aromatic nitrogens is 1. The largest absolute Gasteiger partial charge is 0.357 e. The number of amides is 1. The molecule has 1 N–H and O–H groups in total. The predicted octanol–water partition coefficient (Wildman–Crippen LogP) is 4.64. The van der Waals surface area contributed by atoms with Gasteiger partial charge >= 0.3 is 0 Å². The second-order valence-electron chi connectivity index (χ2n) is 6.02. The number of hydrogen-bond donors (Lipinski definition) is 1. The Morgan fingerprint density at radius 3 is 2.44 bits per heavy atom. The Kier molecular flexibility index (Phi) is 4.98. The number of rotatable bonds is 5. The zero-order valence-corrected chi connectivity index (χ0v) is 14.9. The van der Waals surface area contributed by atoms with Crippen molar-refractivity contribution < 1.29 is 4.79 Å². The molecule has 0 aliphatic heterocycles. The quantitative estimate of drug-likeness (QED) is 0.740. The maximum absolute atomic E-state index is 12.3. The number of benzene rings is 2. The average molecular weight is 333 g/mol. The van der Waals surface area contributed by atoms with E-state index in [1.165, 1.54) is 0 Å². The normalized spacial score (nSPS) is 10.7. The summed E-state index contributed by atoms with van der Waals surface area (Å²) in [5.74, 6) is 0.890. The number of nitrogens with one attached hydrogen (secondary N) is 1. The highest BCUT2D eigenvalue weighted by molar-refractivity contribution is 6.05. The molecule has 0 radical (unpaired) electrons. The first-order valence-electron chi connectivity index (χ1n) is 8.65. The average Bonchev–Trinajstić information content (AvgIpc) is 2.64. The molecule has 0 fully saturated rings. The lowest BCUT2D eigenvalue weighted by molar-refractivity contribution is 0.102. The summed E-state index contributed by atoms with van der Waals surface area (Å²) in [6.07, 6.45) is 0. The van der Waals surface area contributed by atoms with Crippen LogP contribution in [0.4, 0.5) is 11.5 Å². The summed E-state index contributed by atoms with van der Waals surface area (Å²) in [7, 11) is 0. The lowest BCUT2D eigenvalue weighted by Crippen LogP contribution is -2.23. The molecule has 1 heterocycles. The van der Waals surface area contributed by atoms with Crippen molar-refractivity contribution in [3.05, 3.63) is 65.7 Å². The van der Waals surface area contributed by atoms with Gasteiger partial charge in [-0.25, -0.2) is 4.98 Å². The predicted molar refractivity (Wildman–Crippen MR) is 104 cm³/mol. The molecule has 4 nitrogen and oxygen atoms in total. The number of fused-ring (bicyclic) bond motifs is 1. The molecule has 3 aromatic rings. The molecule has 1 aromatic heterocycles. The van der Waals surface area contributed by atoms with Gasteiger partial charge in [-0.05, 0) is 62.7 Å². The van der Waals surface area contributed by atoms with Crippen molar-refractivity contribution >= 4 is 28.3 Å². The molecule has 0 aliphatic carbocycles. The van der Waals surface area contributed by atoms with Gasteiger partial charge in [-0.15, -0.1) is 0 Å². The monoisotopic (exact) mass is 333 g/mol. The zero-order chi connectivity index (χ0) is 17.8. The second kappa shape index (κ2) is 7.34. The summed E-state index contributed by atoms with van der Waals surface area (Å²) in [6.45, 7) is 8.21. The minimum atomic E-state index is -0.106. The van der Waals surface area contributed by atoms with Crippen LogP contribution in [0.25, 0.3) is 10.9 Å². The van der Waals surface area contributed by atoms with Crippen LogP contribution in [0.3, 0.4) is 0 Å². The standard InChI is InChI=1S/C21H23N3O/c1-4-24(5-2)20-13-15(3)18-14-17(11-12-19(18)23-20)22-21(25)16-9-7-6-8-10-16/h6-14H,4-5H2,1-3H3,(H,22,25). The molecule has 4 heteroatoms. The Hall–Kier alpha value is -2.88. The number of hydrogen-bond acceptors (Lipinski definition) is 3. The molecule has 0 spiro atoms. The van der Waals surface area contributed by atoms with E-state index < -0.39 is 0 Å². The third-order valence-corrected chi connectivity index (χ3v) is 4.38. The van der Waals surface area contributed by atoms with Gasteiger partial charge in [0.15, 0.2) is 0 Å². The molecule has 2 aromatic carbocycles. The van der Waals surface area contributed by atoms with Crippen LogP contribution in [0.1, 0.15) is 29.8 Å². The fourth-order valence-electron chi connectivity index (χ4n) is 2.96. The van der Waals surface area contributed by atoms with E-state index >= 15 is 0 Å². The van der Waals surface area contributed by atoms with Gasteiger partial charge in [0.2, 0.25) is 0 Å². The van der Waals surface area contributed by atoms with E-state index in [-0.39, 0.29) is 5.91 Å². The van der Waals surface area contributed by atoms with E-state index in [9.17, 15) is 4.79 Å². The van der Waals surface area contributed by atoms with Crippen LogP contribution in [0.5, 0.6) is 0 Å². The van der Waals surface area contributed by atoms with E-state index in [2.05, 4.69) is 37.1 Å². The Balaban J connectivity index is 1.91. The van der Waals surface area contributed by atoms with Crippen molar-refractivity contribution in [3.8, 4) is 0 Å². The van der Waals surface area contributed by atoms with E-state index in [1.54, 1.807) is 12.1 Å². The number of carbonyl (C=O) groups is 1. The molecule has 0 aliphatic rings. The molecule has 0 atom stereocenters. The van der Waals surface area contributed by atoms with E-state index in [4.69, 9.17) is 4.98 Å². The van der Waals surface area contributed by atoms with Gasteiger partial charge in [-0.2, -0.15) is 0 Å². The van der Waals surface area contributed by atoms with E-state index in [1.807, 2.05) is 36.4 Å². The fourth-order valence-corrected chi connectivity index (χ4v) is 2.96. The lowest BCUT2D eigenvalue weighted by atomic mass is 10.1. The lowest BCUT2D eigenvalue weighted by Gasteiger charge is -2.21. The fraction of sp³-hybridized carbons (Fsp3) is 0.238. The van der Waals surface area contributed by atoms with Crippen LogP contribution in [0, 0.1) is 6.92 Å².